The van der Waals surface area contributed by atoms with Crippen LogP contribution in [-0.4, -0.2) is 113 Å². The molecule has 4 aliphatic rings. The molecular formula is C58H61NO18. The Labute approximate surface area is 444 Å². The number of nitrogens with one attached hydrogen (secondary N) is 1. The lowest BCUT2D eigenvalue weighted by Crippen LogP contribution is -2.74. The predicted octanol–water partition coefficient (Wildman–Crippen LogP) is 6.87. The number of esters is 5. The van der Waals surface area contributed by atoms with E-state index in [0.717, 1.165) is 20.3 Å². The number of benzene rings is 4. The van der Waals surface area contributed by atoms with E-state index in [1.165, 1.54) is 76.2 Å². The number of epoxide rings is 1. The summed E-state index contributed by atoms with van der Waals surface area (Å²) in [5.41, 5.74) is -5.92. The number of unbranched alkanes of at least 4 members (excludes halogenated alkanes) is 1. The molecule has 0 aromatic heterocycles. The second-order valence-corrected chi connectivity index (χ2v) is 20.4. The maximum atomic E-state index is 15.7. The molecule has 2 bridgehead atoms. The summed E-state index contributed by atoms with van der Waals surface area (Å²) >= 11 is 0. The van der Waals surface area contributed by atoms with Crippen molar-refractivity contribution in [2.24, 2.45) is 16.7 Å². The molecule has 1 heterocycles. The highest BCUT2D eigenvalue weighted by Gasteiger charge is 2.82. The number of carbonyl (C=O) groups is 8. The Morgan fingerprint density at radius 2 is 1.36 bits per heavy atom. The van der Waals surface area contributed by atoms with Gasteiger partial charge in [-0.1, -0.05) is 93.9 Å². The van der Waals surface area contributed by atoms with Crippen molar-refractivity contribution in [3.63, 3.8) is 0 Å². The molecule has 2 saturated carbocycles. The van der Waals surface area contributed by atoms with Gasteiger partial charge in [0.2, 0.25) is 11.9 Å². The van der Waals surface area contributed by atoms with Crippen molar-refractivity contribution >= 4 is 47.7 Å². The highest BCUT2D eigenvalue weighted by Crippen LogP contribution is 2.67. The van der Waals surface area contributed by atoms with Crippen molar-refractivity contribution in [2.75, 3.05) is 6.61 Å². The number of aliphatic hydroxyl groups is 2. The van der Waals surface area contributed by atoms with Gasteiger partial charge in [-0.2, -0.15) is 0 Å². The standard InChI is InChI=1S/C58H61NO18/c1-8-9-29-70-51(65)38-25-27-39(28-26-38)72-54(68)74-46(44(35-19-13-10-14-20-35)59-50(64)36-21-15-11-16-22-36)53(67)73-40-31-57(69)49(75-52(66)37-23-17-12-18-24-37)47-56(7,41(62)30-42-58(47,77-42)76-34(4)61)48(63)45(71-33(3)60)43(32(40)2)55(57,5)6/h10-28,40-42,44-47,49,62,69H,8-9,29-31H2,1-7H3,(H,59,64)/t40-,41-,42+,44-,45+,46+,47-,49-,56+,57+,58+/m0/s1. The van der Waals surface area contributed by atoms with Crippen molar-refractivity contribution < 1.29 is 86.5 Å². The van der Waals surface area contributed by atoms with Crippen LogP contribution >= 0.6 is 0 Å². The van der Waals surface area contributed by atoms with Crippen LogP contribution in [0.25, 0.3) is 0 Å². The van der Waals surface area contributed by atoms with E-state index < -0.39 is 125 Å². The Hall–Kier alpha value is -7.74. The van der Waals surface area contributed by atoms with E-state index in [1.807, 2.05) is 6.92 Å². The summed E-state index contributed by atoms with van der Waals surface area (Å²) < 4.78 is 47.4. The molecule has 19 heteroatoms. The van der Waals surface area contributed by atoms with Gasteiger partial charge >= 0.3 is 36.0 Å². The van der Waals surface area contributed by atoms with Crippen molar-refractivity contribution in [1.29, 1.82) is 0 Å². The van der Waals surface area contributed by atoms with E-state index in [0.29, 0.717) is 6.42 Å². The highest BCUT2D eigenvalue weighted by molar-refractivity contribution is 5.96. The molecule has 1 aliphatic heterocycles. The molecule has 406 valence electrons. The zero-order valence-electron chi connectivity index (χ0n) is 43.6. The van der Waals surface area contributed by atoms with Crippen LogP contribution in [0.15, 0.2) is 126 Å². The van der Waals surface area contributed by atoms with Crippen LogP contribution in [0.1, 0.15) is 117 Å². The minimum atomic E-state index is -2.53. The molecule has 19 nitrogen and oxygen atoms in total. The van der Waals surface area contributed by atoms with Gasteiger partial charge in [0.15, 0.2) is 11.9 Å². The van der Waals surface area contributed by atoms with Gasteiger partial charge in [0.25, 0.3) is 5.91 Å². The van der Waals surface area contributed by atoms with Gasteiger partial charge in [-0.15, -0.1) is 0 Å². The van der Waals surface area contributed by atoms with E-state index in [2.05, 4.69) is 5.32 Å². The largest absolute Gasteiger partial charge is 0.514 e. The van der Waals surface area contributed by atoms with Gasteiger partial charge in [0.05, 0.1) is 35.2 Å². The lowest BCUT2D eigenvalue weighted by atomic mass is 9.47. The van der Waals surface area contributed by atoms with Crippen molar-refractivity contribution in [3.8, 4) is 5.75 Å². The molecule has 1 amide bonds. The molecule has 0 radical (unpaired) electrons. The third-order valence-corrected chi connectivity index (χ3v) is 15.2. The van der Waals surface area contributed by atoms with Gasteiger partial charge < -0.3 is 53.4 Å². The summed E-state index contributed by atoms with van der Waals surface area (Å²) in [4.78, 5) is 112. The molecule has 3 aliphatic carbocycles. The van der Waals surface area contributed by atoms with Crippen LogP contribution in [0, 0.1) is 16.7 Å². The molecule has 11 atom stereocenters. The average molecular weight is 1060 g/mol. The van der Waals surface area contributed by atoms with Gasteiger partial charge in [-0.05, 0) is 85.5 Å². The topological polar surface area (TPSA) is 266 Å². The molecule has 3 N–H and O–H groups in total. The van der Waals surface area contributed by atoms with Gasteiger partial charge in [0, 0.05) is 37.7 Å². The summed E-state index contributed by atoms with van der Waals surface area (Å²) in [7, 11) is 0. The van der Waals surface area contributed by atoms with E-state index in [9.17, 15) is 39.0 Å². The lowest BCUT2D eigenvalue weighted by molar-refractivity contribution is -0.252. The predicted molar refractivity (Wildman–Crippen MR) is 269 cm³/mol. The third kappa shape index (κ3) is 10.7. The summed E-state index contributed by atoms with van der Waals surface area (Å²) in [5, 5.41) is 28.8. The monoisotopic (exact) mass is 1060 g/mol. The smallest absolute Gasteiger partial charge is 0.462 e. The number of Topliss-reactive ketones (excluding diaryl/α,β-unsaturated/α-hetero) is 1. The molecule has 1 saturated heterocycles. The van der Waals surface area contributed by atoms with Crippen LogP contribution < -0.4 is 10.1 Å². The minimum Gasteiger partial charge on any atom is -0.462 e. The molecule has 0 unspecified atom stereocenters. The lowest BCUT2D eigenvalue weighted by Gasteiger charge is -2.60. The molecule has 4 aromatic carbocycles. The molecule has 8 rings (SSSR count). The molecule has 4 aromatic rings. The van der Waals surface area contributed by atoms with Gasteiger partial charge in [0.1, 0.15) is 35.7 Å². The fourth-order valence-corrected chi connectivity index (χ4v) is 11.1. The van der Waals surface area contributed by atoms with Crippen LogP contribution in [0.2, 0.25) is 0 Å². The summed E-state index contributed by atoms with van der Waals surface area (Å²) in [6.45, 7) is 10.1. The number of rotatable bonds is 16. The maximum absolute atomic E-state index is 15.7. The quantitative estimate of drug-likeness (QED) is 0.0258. The number of aliphatic hydroxyl groups excluding tert-OH is 1. The fraction of sp³-hybridized carbons (Fsp3) is 0.414. The Balaban J connectivity index is 1.25. The van der Waals surface area contributed by atoms with Gasteiger partial charge in [-0.3, -0.25) is 19.2 Å². The number of carbonyl (C=O) groups excluding carboxylic acids is 8. The molecular weight excluding hydrogens is 999 g/mol. The normalized spacial score (nSPS) is 27.5. The van der Waals surface area contributed by atoms with E-state index >= 15 is 9.59 Å². The molecule has 0 spiro atoms. The molecule has 77 heavy (non-hydrogen) atoms. The van der Waals surface area contributed by atoms with E-state index in [-0.39, 0.29) is 52.2 Å². The maximum Gasteiger partial charge on any atom is 0.514 e. The first-order chi connectivity index (χ1) is 36.6. The number of ether oxygens (including phenoxy) is 8. The minimum absolute atomic E-state index is 0.0101. The Morgan fingerprint density at radius 3 is 1.96 bits per heavy atom. The van der Waals surface area contributed by atoms with Crippen LogP contribution in [0.3, 0.4) is 0 Å². The number of fused-ring (bicyclic) bond motifs is 5. The van der Waals surface area contributed by atoms with Crippen LogP contribution in [-0.2, 0) is 52.3 Å². The van der Waals surface area contributed by atoms with Crippen molar-refractivity contribution in [2.45, 2.75) is 128 Å². The van der Waals surface area contributed by atoms with E-state index in [1.54, 1.807) is 66.7 Å². The Bertz CT molecular complexity index is 2940. The summed E-state index contributed by atoms with van der Waals surface area (Å²) in [6.07, 6.45) is -11.3. The fourth-order valence-electron chi connectivity index (χ4n) is 11.1. The summed E-state index contributed by atoms with van der Waals surface area (Å²) in [6, 6.07) is 27.5. The number of hydrogen-bond acceptors (Lipinski definition) is 18. The second kappa shape index (κ2) is 22.1. The zero-order valence-corrected chi connectivity index (χ0v) is 43.6. The van der Waals surface area contributed by atoms with Crippen LogP contribution in [0.5, 0.6) is 5.75 Å². The Kier molecular flexibility index (Phi) is 15.9. The second-order valence-electron chi connectivity index (χ2n) is 20.4. The molecule has 3 fully saturated rings. The zero-order chi connectivity index (χ0) is 55.6. The highest BCUT2D eigenvalue weighted by atomic mass is 16.8. The number of hydrogen-bond donors (Lipinski definition) is 3. The van der Waals surface area contributed by atoms with Crippen molar-refractivity contribution in [1.82, 2.24) is 5.32 Å². The summed E-state index contributed by atoms with van der Waals surface area (Å²) in [5.74, 6) is -10.3. The SMILES string of the molecule is CCCCOC(=O)c1ccc(OC(=O)O[C@@H](C(=O)O[C@H]2C[C@@]3(O)[C@@H](OC(=O)c4ccccc4)[C@@H]4[C@]5(OC(C)=O)O[C@@H]5C[C@H](O)[C@@]4(C)C(=O)[C@H](OC(C)=O)C(=C2C)C3(C)C)[C@@H](NC(=O)c2ccccc2)c2ccccc2)cc1. The number of ketones is 1. The van der Waals surface area contributed by atoms with Crippen molar-refractivity contribution in [3.05, 3.63) is 149 Å². The first kappa shape index (κ1) is 55.5. The average Bonchev–Trinajstić information content (AvgIpc) is 3.53. The first-order valence-corrected chi connectivity index (χ1v) is 25.3. The van der Waals surface area contributed by atoms with E-state index in [4.69, 9.17) is 37.9 Å². The number of amides is 1. The third-order valence-electron chi connectivity index (χ3n) is 15.2. The van der Waals surface area contributed by atoms with Crippen LogP contribution in [0.4, 0.5) is 4.79 Å². The van der Waals surface area contributed by atoms with Gasteiger partial charge in [-0.25, -0.2) is 19.2 Å². The first-order valence-electron chi connectivity index (χ1n) is 25.3. The Morgan fingerprint density at radius 1 is 0.766 bits per heavy atom.